The van der Waals surface area contributed by atoms with Gasteiger partial charge in [0.2, 0.25) is 0 Å². The van der Waals surface area contributed by atoms with Gasteiger partial charge in [0.25, 0.3) is 17.4 Å². The van der Waals surface area contributed by atoms with E-state index in [0.29, 0.717) is 5.56 Å². The molecule has 0 aliphatic rings. The zero-order chi connectivity index (χ0) is 20.0. The number of aromatic nitrogens is 1. The number of nitrogens with zero attached hydrogens (tertiary/aromatic N) is 2. The SMILES string of the molecule is Cc1cccc([N+](=O)[O-])c1NC(=O)COC(=O)c1cccnc1SC(F)F. The van der Waals surface area contributed by atoms with Crippen LogP contribution in [0, 0.1) is 17.0 Å². The third kappa shape index (κ3) is 5.45. The van der Waals surface area contributed by atoms with Gasteiger partial charge in [-0.3, -0.25) is 14.9 Å². The number of benzene rings is 1. The molecule has 8 nitrogen and oxygen atoms in total. The molecule has 2 rings (SSSR count). The molecule has 1 aromatic heterocycles. The first-order valence-corrected chi connectivity index (χ1v) is 8.28. The average molecular weight is 397 g/mol. The number of carbonyl (C=O) groups is 2. The van der Waals surface area contributed by atoms with Gasteiger partial charge in [-0.25, -0.2) is 9.78 Å². The Labute approximate surface area is 156 Å². The summed E-state index contributed by atoms with van der Waals surface area (Å²) in [4.78, 5) is 38.1. The summed E-state index contributed by atoms with van der Waals surface area (Å²) in [6, 6.07) is 6.86. The Morgan fingerprint density at radius 2 is 2.07 bits per heavy atom. The van der Waals surface area contributed by atoms with Crippen molar-refractivity contribution in [2.24, 2.45) is 0 Å². The Morgan fingerprint density at radius 1 is 1.33 bits per heavy atom. The van der Waals surface area contributed by atoms with Gasteiger partial charge in [0.1, 0.15) is 10.7 Å². The number of nitro benzene ring substituents is 1. The minimum atomic E-state index is -2.78. The van der Waals surface area contributed by atoms with Crippen LogP contribution in [0.25, 0.3) is 0 Å². The number of nitrogens with one attached hydrogen (secondary N) is 1. The molecule has 0 atom stereocenters. The molecule has 0 radical (unpaired) electrons. The van der Waals surface area contributed by atoms with Crippen molar-refractivity contribution in [2.75, 3.05) is 11.9 Å². The Kier molecular flexibility index (Phi) is 6.77. The van der Waals surface area contributed by atoms with Crippen LogP contribution in [0.15, 0.2) is 41.6 Å². The number of ether oxygens (including phenoxy) is 1. The Balaban J connectivity index is 2.05. The molecular formula is C16H13F2N3O5S. The maximum Gasteiger partial charge on any atom is 0.341 e. The van der Waals surface area contributed by atoms with Crippen LogP contribution in [0.3, 0.4) is 0 Å². The normalized spacial score (nSPS) is 10.5. The van der Waals surface area contributed by atoms with Crippen LogP contribution in [0.5, 0.6) is 0 Å². The lowest BCUT2D eigenvalue weighted by atomic mass is 10.1. The number of para-hydroxylation sites is 1. The highest BCUT2D eigenvalue weighted by molar-refractivity contribution is 7.99. The lowest BCUT2D eigenvalue weighted by Gasteiger charge is -2.10. The van der Waals surface area contributed by atoms with Gasteiger partial charge in [0, 0.05) is 12.3 Å². The largest absolute Gasteiger partial charge is 0.452 e. The van der Waals surface area contributed by atoms with Crippen LogP contribution in [-0.4, -0.2) is 34.1 Å². The predicted octanol–water partition coefficient (Wildman–Crippen LogP) is 3.41. The van der Waals surface area contributed by atoms with Gasteiger partial charge in [-0.2, -0.15) is 8.78 Å². The molecule has 1 heterocycles. The molecule has 1 N–H and O–H groups in total. The van der Waals surface area contributed by atoms with Crippen LogP contribution in [0.1, 0.15) is 15.9 Å². The van der Waals surface area contributed by atoms with Gasteiger partial charge >= 0.3 is 5.97 Å². The summed E-state index contributed by atoms with van der Waals surface area (Å²) >= 11 is 0.0766. The number of amides is 1. The Morgan fingerprint density at radius 3 is 2.74 bits per heavy atom. The number of halogens is 2. The van der Waals surface area contributed by atoms with Gasteiger partial charge in [0.15, 0.2) is 6.61 Å². The first kappa shape index (κ1) is 20.2. The molecular weight excluding hydrogens is 384 g/mol. The summed E-state index contributed by atoms with van der Waals surface area (Å²) in [6.45, 7) is 0.816. The number of esters is 1. The van der Waals surface area contributed by atoms with Crippen LogP contribution in [0.2, 0.25) is 0 Å². The van der Waals surface area contributed by atoms with Gasteiger partial charge in [0.05, 0.1) is 10.5 Å². The molecule has 0 unspecified atom stereocenters. The number of alkyl halides is 2. The van der Waals surface area contributed by atoms with Crippen LogP contribution < -0.4 is 5.32 Å². The summed E-state index contributed by atoms with van der Waals surface area (Å²) in [7, 11) is 0. The summed E-state index contributed by atoms with van der Waals surface area (Å²) < 4.78 is 29.8. The molecule has 0 aliphatic carbocycles. The molecule has 0 fully saturated rings. The van der Waals surface area contributed by atoms with Gasteiger partial charge in [-0.1, -0.05) is 12.1 Å². The number of nitro groups is 1. The van der Waals surface area contributed by atoms with Crippen molar-refractivity contribution < 1.29 is 28.0 Å². The Hall–Kier alpha value is -3.08. The number of carbonyl (C=O) groups excluding carboxylic acids is 2. The molecule has 0 aliphatic heterocycles. The number of hydrogen-bond donors (Lipinski definition) is 1. The number of aryl methyl sites for hydroxylation is 1. The minimum Gasteiger partial charge on any atom is -0.452 e. The van der Waals surface area contributed by atoms with Crippen molar-refractivity contribution in [3.05, 3.63) is 57.8 Å². The predicted molar refractivity (Wildman–Crippen MR) is 92.8 cm³/mol. The van der Waals surface area contributed by atoms with Gasteiger partial charge < -0.3 is 10.1 Å². The zero-order valence-corrected chi connectivity index (χ0v) is 14.7. The second-order valence-electron chi connectivity index (χ2n) is 5.09. The van der Waals surface area contributed by atoms with E-state index in [2.05, 4.69) is 10.3 Å². The van der Waals surface area contributed by atoms with Crippen molar-refractivity contribution >= 4 is 35.0 Å². The number of rotatable bonds is 7. The molecule has 1 amide bonds. The number of thioether (sulfide) groups is 1. The Bertz CT molecular complexity index is 879. The van der Waals surface area contributed by atoms with E-state index in [1.54, 1.807) is 13.0 Å². The molecule has 0 bridgehead atoms. The lowest BCUT2D eigenvalue weighted by Crippen LogP contribution is -2.22. The standard InChI is InChI=1S/C16H13F2N3O5S/c1-9-4-2-6-11(21(24)25)13(9)20-12(22)8-26-15(23)10-5-3-7-19-14(10)27-16(17)18/h2-7,16H,8H2,1H3,(H,20,22). The molecule has 2 aromatic rings. The topological polar surface area (TPSA) is 111 Å². The first-order valence-electron chi connectivity index (χ1n) is 7.40. The quantitative estimate of drug-likeness (QED) is 0.330. The molecule has 11 heteroatoms. The van der Waals surface area contributed by atoms with E-state index >= 15 is 0 Å². The van der Waals surface area contributed by atoms with Gasteiger partial charge in [-0.05, 0) is 36.4 Å². The van der Waals surface area contributed by atoms with Crippen molar-refractivity contribution in [3.63, 3.8) is 0 Å². The maximum absolute atomic E-state index is 12.5. The van der Waals surface area contributed by atoms with Crippen LogP contribution in [0.4, 0.5) is 20.2 Å². The van der Waals surface area contributed by atoms with Crippen molar-refractivity contribution in [3.8, 4) is 0 Å². The number of anilines is 1. The highest BCUT2D eigenvalue weighted by Crippen LogP contribution is 2.28. The zero-order valence-electron chi connectivity index (χ0n) is 13.8. The van der Waals surface area contributed by atoms with E-state index in [0.717, 1.165) is 0 Å². The summed E-state index contributed by atoms with van der Waals surface area (Å²) in [5.41, 5.74) is -0.0827. The molecule has 0 saturated heterocycles. The fraction of sp³-hybridized carbons (Fsp3) is 0.188. The highest BCUT2D eigenvalue weighted by Gasteiger charge is 2.21. The molecule has 0 saturated carbocycles. The van der Waals surface area contributed by atoms with Crippen LogP contribution in [-0.2, 0) is 9.53 Å². The third-order valence-corrected chi connectivity index (χ3v) is 3.96. The monoisotopic (exact) mass is 397 g/mol. The second-order valence-corrected chi connectivity index (χ2v) is 6.06. The van der Waals surface area contributed by atoms with Gasteiger partial charge in [-0.15, -0.1) is 0 Å². The van der Waals surface area contributed by atoms with E-state index < -0.39 is 29.2 Å². The van der Waals surface area contributed by atoms with E-state index in [1.165, 1.54) is 30.5 Å². The maximum atomic E-state index is 12.5. The van der Waals surface area contributed by atoms with Crippen molar-refractivity contribution in [1.82, 2.24) is 4.98 Å². The summed E-state index contributed by atoms with van der Waals surface area (Å²) in [5.74, 6) is -4.61. The minimum absolute atomic E-state index is 0.0149. The molecule has 1 aromatic carbocycles. The summed E-state index contributed by atoms with van der Waals surface area (Å²) in [6.07, 6.45) is 1.24. The molecule has 0 spiro atoms. The van der Waals surface area contributed by atoms with E-state index in [4.69, 9.17) is 4.74 Å². The average Bonchev–Trinajstić information content (AvgIpc) is 2.61. The lowest BCUT2D eigenvalue weighted by molar-refractivity contribution is -0.384. The van der Waals surface area contributed by atoms with E-state index in [9.17, 15) is 28.5 Å². The van der Waals surface area contributed by atoms with E-state index in [-0.39, 0.29) is 33.7 Å². The first-order chi connectivity index (χ1) is 12.8. The number of hydrogen-bond acceptors (Lipinski definition) is 7. The third-order valence-electron chi connectivity index (χ3n) is 3.24. The fourth-order valence-electron chi connectivity index (χ4n) is 2.08. The van der Waals surface area contributed by atoms with Crippen molar-refractivity contribution in [1.29, 1.82) is 0 Å². The number of pyridine rings is 1. The molecule has 142 valence electrons. The van der Waals surface area contributed by atoms with Crippen LogP contribution >= 0.6 is 11.8 Å². The smallest absolute Gasteiger partial charge is 0.341 e. The van der Waals surface area contributed by atoms with Crippen molar-refractivity contribution in [2.45, 2.75) is 17.7 Å². The highest BCUT2D eigenvalue weighted by atomic mass is 32.2. The second kappa shape index (κ2) is 9.03. The van der Waals surface area contributed by atoms with E-state index in [1.807, 2.05) is 0 Å². The summed E-state index contributed by atoms with van der Waals surface area (Å²) in [5, 5.41) is 13.1. The molecule has 27 heavy (non-hydrogen) atoms. The fourth-order valence-corrected chi connectivity index (χ4v) is 2.64.